The minimum absolute atomic E-state index is 0.0181. The SMILES string of the molecule is CCNC(=O)CCCC(=O)NCc1nc(C(=O)O)cs1. The molecule has 0 saturated heterocycles. The first-order valence-corrected chi connectivity index (χ1v) is 7.12. The highest BCUT2D eigenvalue weighted by Crippen LogP contribution is 2.09. The number of aromatic nitrogens is 1. The van der Waals surface area contributed by atoms with E-state index in [1.54, 1.807) is 0 Å². The maximum Gasteiger partial charge on any atom is 0.355 e. The number of hydrogen-bond donors (Lipinski definition) is 3. The molecule has 0 aromatic carbocycles. The summed E-state index contributed by atoms with van der Waals surface area (Å²) < 4.78 is 0. The number of carbonyl (C=O) groups excluding carboxylic acids is 2. The Labute approximate surface area is 120 Å². The fourth-order valence-electron chi connectivity index (χ4n) is 1.45. The molecule has 2 amide bonds. The van der Waals surface area contributed by atoms with Crippen LogP contribution in [0.25, 0.3) is 0 Å². The molecular weight excluding hydrogens is 282 g/mol. The number of nitrogens with zero attached hydrogens (tertiary/aromatic N) is 1. The smallest absolute Gasteiger partial charge is 0.355 e. The molecule has 7 nitrogen and oxygen atoms in total. The van der Waals surface area contributed by atoms with Crippen molar-refractivity contribution in [2.24, 2.45) is 0 Å². The van der Waals surface area contributed by atoms with Crippen molar-refractivity contribution in [1.29, 1.82) is 0 Å². The zero-order valence-electron chi connectivity index (χ0n) is 11.1. The van der Waals surface area contributed by atoms with Crippen LogP contribution < -0.4 is 10.6 Å². The van der Waals surface area contributed by atoms with E-state index in [1.807, 2.05) is 6.92 Å². The first-order chi connectivity index (χ1) is 9.52. The van der Waals surface area contributed by atoms with Crippen LogP contribution in [0.15, 0.2) is 5.38 Å². The van der Waals surface area contributed by atoms with Gasteiger partial charge < -0.3 is 15.7 Å². The van der Waals surface area contributed by atoms with Gasteiger partial charge in [-0.1, -0.05) is 0 Å². The van der Waals surface area contributed by atoms with E-state index < -0.39 is 5.97 Å². The van der Waals surface area contributed by atoms with Gasteiger partial charge in [-0.05, 0) is 13.3 Å². The molecule has 8 heteroatoms. The van der Waals surface area contributed by atoms with E-state index in [-0.39, 0.29) is 30.5 Å². The molecule has 1 rings (SSSR count). The molecule has 0 aliphatic carbocycles. The number of carboxylic acids is 1. The Hall–Kier alpha value is -1.96. The van der Waals surface area contributed by atoms with Gasteiger partial charge in [-0.3, -0.25) is 9.59 Å². The fourth-order valence-corrected chi connectivity index (χ4v) is 2.16. The molecule has 1 aromatic rings. The molecule has 1 aromatic heterocycles. The molecule has 0 aliphatic rings. The standard InChI is InChI=1S/C12H17N3O4S/c1-2-13-9(16)4-3-5-10(17)14-6-11-15-8(7-20-11)12(18)19/h7H,2-6H2,1H3,(H,13,16)(H,14,17)(H,18,19). The van der Waals surface area contributed by atoms with E-state index in [9.17, 15) is 14.4 Å². The van der Waals surface area contributed by atoms with Crippen molar-refractivity contribution in [2.75, 3.05) is 6.54 Å². The third-order valence-electron chi connectivity index (χ3n) is 2.39. The van der Waals surface area contributed by atoms with Gasteiger partial charge in [0.05, 0.1) is 6.54 Å². The number of hydrogen-bond acceptors (Lipinski definition) is 5. The van der Waals surface area contributed by atoms with Crippen LogP contribution in [-0.2, 0) is 16.1 Å². The number of amides is 2. The summed E-state index contributed by atoms with van der Waals surface area (Å²) in [5.74, 6) is -1.33. The summed E-state index contributed by atoms with van der Waals surface area (Å²) in [6.45, 7) is 2.63. The summed E-state index contributed by atoms with van der Waals surface area (Å²) in [4.78, 5) is 37.2. The lowest BCUT2D eigenvalue weighted by Crippen LogP contribution is -2.25. The minimum Gasteiger partial charge on any atom is -0.476 e. The van der Waals surface area contributed by atoms with Crippen LogP contribution in [0.2, 0.25) is 0 Å². The van der Waals surface area contributed by atoms with E-state index in [0.717, 1.165) is 0 Å². The highest BCUT2D eigenvalue weighted by Gasteiger charge is 2.09. The van der Waals surface area contributed by atoms with Gasteiger partial charge in [-0.2, -0.15) is 0 Å². The summed E-state index contributed by atoms with van der Waals surface area (Å²) in [6, 6.07) is 0. The summed E-state index contributed by atoms with van der Waals surface area (Å²) in [7, 11) is 0. The van der Waals surface area contributed by atoms with E-state index in [0.29, 0.717) is 24.4 Å². The molecule has 20 heavy (non-hydrogen) atoms. The zero-order chi connectivity index (χ0) is 15.0. The van der Waals surface area contributed by atoms with Gasteiger partial charge in [-0.15, -0.1) is 11.3 Å². The van der Waals surface area contributed by atoms with E-state index in [4.69, 9.17) is 5.11 Å². The first kappa shape index (κ1) is 16.1. The number of carboxylic acid groups (broad SMARTS) is 1. The second kappa shape index (κ2) is 8.26. The minimum atomic E-state index is -1.08. The second-order valence-corrected chi connectivity index (χ2v) is 4.96. The highest BCUT2D eigenvalue weighted by atomic mass is 32.1. The van der Waals surface area contributed by atoms with Crippen LogP contribution >= 0.6 is 11.3 Å². The molecule has 0 aliphatic heterocycles. The predicted molar refractivity (Wildman–Crippen MR) is 73.5 cm³/mol. The summed E-state index contributed by atoms with van der Waals surface area (Å²) >= 11 is 1.18. The Morgan fingerprint density at radius 2 is 1.90 bits per heavy atom. The van der Waals surface area contributed by atoms with Gasteiger partial charge in [0.25, 0.3) is 0 Å². The quantitative estimate of drug-likeness (QED) is 0.657. The van der Waals surface area contributed by atoms with Crippen LogP contribution in [0.3, 0.4) is 0 Å². The van der Waals surface area contributed by atoms with Crippen molar-refractivity contribution < 1.29 is 19.5 Å². The van der Waals surface area contributed by atoms with Gasteiger partial charge in [0.15, 0.2) is 5.69 Å². The van der Waals surface area contributed by atoms with Gasteiger partial charge >= 0.3 is 5.97 Å². The fraction of sp³-hybridized carbons (Fsp3) is 0.500. The first-order valence-electron chi connectivity index (χ1n) is 6.24. The number of nitrogens with one attached hydrogen (secondary N) is 2. The van der Waals surface area contributed by atoms with Crippen LogP contribution in [0, 0.1) is 0 Å². The molecular formula is C12H17N3O4S. The number of thiazole rings is 1. The molecule has 1 heterocycles. The maximum absolute atomic E-state index is 11.5. The molecule has 0 fully saturated rings. The third-order valence-corrected chi connectivity index (χ3v) is 3.24. The lowest BCUT2D eigenvalue weighted by molar-refractivity contribution is -0.122. The van der Waals surface area contributed by atoms with Crippen molar-refractivity contribution in [1.82, 2.24) is 15.6 Å². The van der Waals surface area contributed by atoms with Crippen LogP contribution in [-0.4, -0.2) is 34.4 Å². The molecule has 0 saturated carbocycles. The average molecular weight is 299 g/mol. The normalized spacial score (nSPS) is 10.1. The Bertz CT molecular complexity index is 487. The topological polar surface area (TPSA) is 108 Å². The molecule has 0 spiro atoms. The van der Waals surface area contributed by atoms with Crippen LogP contribution in [0.1, 0.15) is 41.7 Å². The zero-order valence-corrected chi connectivity index (χ0v) is 12.0. The Morgan fingerprint density at radius 3 is 2.45 bits per heavy atom. The molecule has 0 radical (unpaired) electrons. The summed E-state index contributed by atoms with van der Waals surface area (Å²) in [6.07, 6.45) is 1.06. The third kappa shape index (κ3) is 5.79. The molecule has 0 atom stereocenters. The molecule has 0 bridgehead atoms. The summed E-state index contributed by atoms with van der Waals surface area (Å²) in [5, 5.41) is 16.0. The van der Waals surface area contributed by atoms with Gasteiger partial charge in [-0.25, -0.2) is 9.78 Å². The van der Waals surface area contributed by atoms with Crippen LogP contribution in [0.5, 0.6) is 0 Å². The molecule has 0 unspecified atom stereocenters. The molecule has 3 N–H and O–H groups in total. The summed E-state index contributed by atoms with van der Waals surface area (Å²) in [5.41, 5.74) is -0.0181. The van der Waals surface area contributed by atoms with E-state index in [2.05, 4.69) is 15.6 Å². The van der Waals surface area contributed by atoms with Gasteiger partial charge in [0.1, 0.15) is 5.01 Å². The van der Waals surface area contributed by atoms with Gasteiger partial charge in [0.2, 0.25) is 11.8 Å². The number of carbonyl (C=O) groups is 3. The van der Waals surface area contributed by atoms with Crippen molar-refractivity contribution >= 4 is 29.1 Å². The van der Waals surface area contributed by atoms with Crippen LogP contribution in [0.4, 0.5) is 0 Å². The van der Waals surface area contributed by atoms with E-state index in [1.165, 1.54) is 16.7 Å². The van der Waals surface area contributed by atoms with Crippen molar-refractivity contribution in [2.45, 2.75) is 32.7 Å². The monoisotopic (exact) mass is 299 g/mol. The predicted octanol–water partition coefficient (Wildman–Crippen LogP) is 0.764. The number of rotatable bonds is 8. The lowest BCUT2D eigenvalue weighted by Gasteiger charge is -2.03. The number of aromatic carboxylic acids is 1. The van der Waals surface area contributed by atoms with Crippen molar-refractivity contribution in [3.05, 3.63) is 16.1 Å². The Balaban J connectivity index is 2.22. The van der Waals surface area contributed by atoms with Crippen molar-refractivity contribution in [3.63, 3.8) is 0 Å². The molecule has 110 valence electrons. The maximum atomic E-state index is 11.5. The van der Waals surface area contributed by atoms with Gasteiger partial charge in [0, 0.05) is 24.8 Å². The Morgan fingerprint density at radius 1 is 1.25 bits per heavy atom. The second-order valence-electron chi connectivity index (χ2n) is 4.02. The largest absolute Gasteiger partial charge is 0.476 e. The van der Waals surface area contributed by atoms with Crippen molar-refractivity contribution in [3.8, 4) is 0 Å². The lowest BCUT2D eigenvalue weighted by atomic mass is 10.2. The van der Waals surface area contributed by atoms with E-state index >= 15 is 0 Å². The highest BCUT2D eigenvalue weighted by molar-refractivity contribution is 7.09. The Kier molecular flexibility index (Phi) is 6.65. The average Bonchev–Trinajstić information content (AvgIpc) is 2.85.